The van der Waals surface area contributed by atoms with E-state index in [1.807, 2.05) is 44.2 Å². The van der Waals surface area contributed by atoms with Gasteiger partial charge in [0.25, 0.3) is 0 Å². The average Bonchev–Trinajstić information content (AvgIpc) is 3.21. The van der Waals surface area contributed by atoms with Gasteiger partial charge in [0.2, 0.25) is 12.2 Å². The Kier molecular flexibility index (Phi) is 8.79. The smallest absolute Gasteiger partial charge is 0.338 e. The summed E-state index contributed by atoms with van der Waals surface area (Å²) in [6, 6.07) is 21.3. The quantitative estimate of drug-likeness (QED) is 0.0933. The van der Waals surface area contributed by atoms with Gasteiger partial charge in [0.05, 0.1) is 6.54 Å². The van der Waals surface area contributed by atoms with Gasteiger partial charge in [0, 0.05) is 33.8 Å². The fourth-order valence-electron chi connectivity index (χ4n) is 6.56. The Morgan fingerprint density at radius 3 is 1.96 bits per heavy atom. The van der Waals surface area contributed by atoms with Crippen LogP contribution in [0.3, 0.4) is 0 Å². The molecular formula is C37H35F8N2+. The molecule has 5 rings (SSSR count). The molecule has 0 spiro atoms. The molecule has 0 aliphatic carbocycles. The molecule has 0 atom stereocenters. The first kappa shape index (κ1) is 34.1. The maximum absolute atomic E-state index is 14.7. The van der Waals surface area contributed by atoms with E-state index in [0.29, 0.717) is 22.3 Å². The molecule has 0 radical (unpaired) electrons. The number of rotatable bonds is 10. The van der Waals surface area contributed by atoms with Gasteiger partial charge in [-0.05, 0) is 45.3 Å². The standard InChI is InChI=1S/C37H35F8N2/c1-34(2,30-25-13-8-6-11-23(25)16-18-27(30)46(5)21-36(42,43)32(38)39)20-10-15-29-35(3,4)31-26-14-9-7-12-24(26)17-19-28(31)47(29)22-37(44,45)33(40)41/h6-20,32-33H,5,21-22H2,1-4H3/q+1. The lowest BCUT2D eigenvalue weighted by Gasteiger charge is -2.30. The van der Waals surface area contributed by atoms with Gasteiger partial charge in [-0.25, -0.2) is 17.6 Å². The van der Waals surface area contributed by atoms with E-state index in [1.54, 1.807) is 74.5 Å². The summed E-state index contributed by atoms with van der Waals surface area (Å²) in [5, 5.41) is 3.14. The number of nitrogens with zero attached hydrogens (tertiary/aromatic N) is 2. The largest absolute Gasteiger partial charge is 0.364 e. The summed E-state index contributed by atoms with van der Waals surface area (Å²) in [5.74, 6) is -8.62. The van der Waals surface area contributed by atoms with E-state index in [9.17, 15) is 35.1 Å². The number of hydrogen-bond acceptors (Lipinski definition) is 1. The molecule has 248 valence electrons. The van der Waals surface area contributed by atoms with E-state index in [4.69, 9.17) is 0 Å². The summed E-state index contributed by atoms with van der Waals surface area (Å²) in [6.07, 6.45) is -2.78. The molecule has 10 heteroatoms. The zero-order chi connectivity index (χ0) is 34.5. The molecule has 2 nitrogen and oxygen atoms in total. The van der Waals surface area contributed by atoms with Crippen molar-refractivity contribution >= 4 is 39.6 Å². The highest BCUT2D eigenvalue weighted by Crippen LogP contribution is 2.52. The molecule has 1 aliphatic rings. The van der Waals surface area contributed by atoms with Gasteiger partial charge in [-0.3, -0.25) is 0 Å². The fraction of sp³-hybridized carbons (Fsp3) is 0.324. The molecule has 1 heterocycles. The van der Waals surface area contributed by atoms with E-state index in [-0.39, 0.29) is 5.69 Å². The molecule has 0 saturated heterocycles. The monoisotopic (exact) mass is 659 g/mol. The van der Waals surface area contributed by atoms with Gasteiger partial charge in [-0.2, -0.15) is 22.1 Å². The van der Waals surface area contributed by atoms with Gasteiger partial charge >= 0.3 is 24.7 Å². The SMILES string of the molecule is C=[N+](CC(F)(F)C(F)F)c1ccc2ccccc2c1C(C)(C)C=CC=C1N(CC(F)(F)C(F)F)c2ccc3ccccc3c2C1(C)C. The van der Waals surface area contributed by atoms with Crippen molar-refractivity contribution in [1.82, 2.24) is 0 Å². The molecule has 0 bridgehead atoms. The Hall–Kier alpha value is -4.21. The van der Waals surface area contributed by atoms with Crippen LogP contribution >= 0.6 is 0 Å². The number of anilines is 1. The van der Waals surface area contributed by atoms with Gasteiger partial charge in [-0.15, -0.1) is 0 Å². The van der Waals surface area contributed by atoms with E-state index in [0.717, 1.165) is 26.3 Å². The van der Waals surface area contributed by atoms with Crippen molar-refractivity contribution in [2.45, 2.75) is 63.2 Å². The van der Waals surface area contributed by atoms with Crippen molar-refractivity contribution in [2.24, 2.45) is 0 Å². The molecule has 0 unspecified atom stereocenters. The second kappa shape index (κ2) is 12.1. The van der Waals surface area contributed by atoms with Crippen LogP contribution in [0.15, 0.2) is 96.7 Å². The molecule has 0 N–H and O–H groups in total. The van der Waals surface area contributed by atoms with Crippen LogP contribution in [-0.2, 0) is 10.8 Å². The van der Waals surface area contributed by atoms with E-state index in [1.165, 1.54) is 4.90 Å². The predicted molar refractivity (Wildman–Crippen MR) is 172 cm³/mol. The number of halogens is 8. The Balaban J connectivity index is 1.63. The van der Waals surface area contributed by atoms with Crippen molar-refractivity contribution in [1.29, 1.82) is 0 Å². The predicted octanol–water partition coefficient (Wildman–Crippen LogP) is 10.7. The molecular weight excluding hydrogens is 624 g/mol. The number of alkyl halides is 8. The summed E-state index contributed by atoms with van der Waals surface area (Å²) < 4.78 is 112. The normalized spacial score (nSPS) is 16.4. The van der Waals surface area contributed by atoms with Crippen molar-refractivity contribution in [3.05, 3.63) is 108 Å². The second-order valence-corrected chi connectivity index (χ2v) is 13.0. The maximum atomic E-state index is 14.7. The molecule has 0 amide bonds. The first-order valence-corrected chi connectivity index (χ1v) is 15.0. The molecule has 4 aromatic rings. The second-order valence-electron chi connectivity index (χ2n) is 13.0. The Bertz CT molecular complexity index is 1890. The molecule has 0 saturated carbocycles. The number of hydrogen-bond donors (Lipinski definition) is 0. The zero-order valence-electron chi connectivity index (χ0n) is 26.4. The molecule has 47 heavy (non-hydrogen) atoms. The van der Waals surface area contributed by atoms with Crippen molar-refractivity contribution < 1.29 is 39.7 Å². The lowest BCUT2D eigenvalue weighted by Crippen LogP contribution is -2.41. The van der Waals surface area contributed by atoms with Crippen molar-refractivity contribution in [2.75, 3.05) is 18.0 Å². The molecule has 4 aromatic carbocycles. The van der Waals surface area contributed by atoms with Crippen LogP contribution in [0.1, 0.15) is 38.8 Å². The average molecular weight is 660 g/mol. The lowest BCUT2D eigenvalue weighted by molar-refractivity contribution is -0.469. The summed E-state index contributed by atoms with van der Waals surface area (Å²) >= 11 is 0. The molecule has 1 aliphatic heterocycles. The highest BCUT2D eigenvalue weighted by atomic mass is 19.3. The third-order valence-electron chi connectivity index (χ3n) is 8.82. The summed E-state index contributed by atoms with van der Waals surface area (Å²) in [4.78, 5) is 1.23. The zero-order valence-corrected chi connectivity index (χ0v) is 26.4. The molecule has 0 aromatic heterocycles. The van der Waals surface area contributed by atoms with Crippen molar-refractivity contribution in [3.8, 4) is 0 Å². The van der Waals surface area contributed by atoms with Gasteiger partial charge in [0.15, 0.2) is 0 Å². The minimum atomic E-state index is -4.31. The summed E-state index contributed by atoms with van der Waals surface area (Å²) in [6.45, 7) is 8.39. The molecule has 0 fully saturated rings. The van der Waals surface area contributed by atoms with Crippen LogP contribution in [0.4, 0.5) is 46.5 Å². The first-order chi connectivity index (χ1) is 21.9. The minimum absolute atomic E-state index is 0.213. The highest BCUT2D eigenvalue weighted by Gasteiger charge is 2.49. The van der Waals surface area contributed by atoms with Crippen LogP contribution in [-0.4, -0.2) is 49.1 Å². The third-order valence-corrected chi connectivity index (χ3v) is 8.82. The Morgan fingerprint density at radius 1 is 0.787 bits per heavy atom. The maximum Gasteiger partial charge on any atom is 0.364 e. The summed E-state index contributed by atoms with van der Waals surface area (Å²) in [7, 11) is 0. The third kappa shape index (κ3) is 6.26. The highest BCUT2D eigenvalue weighted by molar-refractivity contribution is 5.95. The number of allylic oxidation sites excluding steroid dienone is 4. The summed E-state index contributed by atoms with van der Waals surface area (Å²) in [5.41, 5.74) is 0.420. The minimum Gasteiger partial charge on any atom is -0.338 e. The lowest BCUT2D eigenvalue weighted by atomic mass is 9.79. The first-order valence-electron chi connectivity index (χ1n) is 15.0. The van der Waals surface area contributed by atoms with E-state index < -0.39 is 48.6 Å². The topological polar surface area (TPSA) is 6.25 Å². The fourth-order valence-corrected chi connectivity index (χ4v) is 6.56. The van der Waals surface area contributed by atoms with Crippen LogP contribution in [0.5, 0.6) is 0 Å². The van der Waals surface area contributed by atoms with E-state index >= 15 is 0 Å². The number of benzene rings is 4. The van der Waals surface area contributed by atoms with Crippen LogP contribution in [0.2, 0.25) is 0 Å². The van der Waals surface area contributed by atoms with Gasteiger partial charge < -0.3 is 4.90 Å². The number of fused-ring (bicyclic) bond motifs is 4. The van der Waals surface area contributed by atoms with Crippen LogP contribution < -0.4 is 4.90 Å². The Labute approximate surface area is 268 Å². The van der Waals surface area contributed by atoms with Crippen LogP contribution in [0, 0.1) is 0 Å². The Morgan fingerprint density at radius 2 is 1.34 bits per heavy atom. The van der Waals surface area contributed by atoms with Gasteiger partial charge in [0.1, 0.15) is 6.72 Å². The van der Waals surface area contributed by atoms with Crippen molar-refractivity contribution in [3.63, 3.8) is 0 Å². The van der Waals surface area contributed by atoms with Gasteiger partial charge in [-0.1, -0.05) is 94.4 Å². The van der Waals surface area contributed by atoms with Crippen LogP contribution in [0.25, 0.3) is 21.5 Å². The van der Waals surface area contributed by atoms with E-state index in [2.05, 4.69) is 6.72 Å².